The number of rotatable bonds is 3. The molecule has 4 heteroatoms. The van der Waals surface area contributed by atoms with E-state index in [-0.39, 0.29) is 11.8 Å². The molecule has 0 spiro atoms. The molecule has 1 aromatic rings. The molecule has 0 aliphatic heterocycles. The Morgan fingerprint density at radius 3 is 2.33 bits per heavy atom. The third-order valence-corrected chi connectivity index (χ3v) is 7.03. The van der Waals surface area contributed by atoms with Gasteiger partial charge in [-0.15, -0.1) is 0 Å². The molecule has 0 unspecified atom stereocenters. The fourth-order valence-corrected chi connectivity index (χ4v) is 5.16. The molecule has 0 heterocycles. The molecule has 0 radical (unpaired) electrons. The Balaban J connectivity index is 2.37. The Hall–Kier alpha value is -1.13. The molecule has 0 amide bonds. The molecule has 4 atom stereocenters. The maximum absolute atomic E-state index is 12.9. The van der Waals surface area contributed by atoms with E-state index in [1.54, 1.807) is 12.1 Å². The second-order valence-corrected chi connectivity index (χ2v) is 8.50. The van der Waals surface area contributed by atoms with Gasteiger partial charge < -0.3 is 5.11 Å². The van der Waals surface area contributed by atoms with Gasteiger partial charge in [-0.3, -0.25) is 0 Å². The molecule has 21 heavy (non-hydrogen) atoms. The number of allylic oxidation sites excluding steroid dienone is 1. The van der Waals surface area contributed by atoms with Crippen LogP contribution in [0.5, 0.6) is 0 Å². The predicted octanol–water partition coefficient (Wildman–Crippen LogP) is 3.12. The Bertz CT molecular complexity index is 616. The Kier molecular flexibility index (Phi) is 4.59. The van der Waals surface area contributed by atoms with E-state index in [9.17, 15) is 13.5 Å². The van der Waals surface area contributed by atoms with E-state index in [0.29, 0.717) is 17.7 Å². The van der Waals surface area contributed by atoms with Gasteiger partial charge in [-0.2, -0.15) is 0 Å². The minimum atomic E-state index is -3.43. The summed E-state index contributed by atoms with van der Waals surface area (Å²) in [5.74, 6) is -0.187. The van der Waals surface area contributed by atoms with Crippen LogP contribution in [0.15, 0.2) is 41.3 Å². The van der Waals surface area contributed by atoms with Gasteiger partial charge >= 0.3 is 0 Å². The monoisotopic (exact) mass is 308 g/mol. The minimum absolute atomic E-state index is 0.0708. The summed E-state index contributed by atoms with van der Waals surface area (Å²) in [6.45, 7) is 9.60. The molecule has 1 aliphatic carbocycles. The summed E-state index contributed by atoms with van der Waals surface area (Å²) < 4.78 is 25.8. The first-order valence-electron chi connectivity index (χ1n) is 7.37. The largest absolute Gasteiger partial charge is 0.393 e. The molecule has 3 nitrogen and oxygen atoms in total. The van der Waals surface area contributed by atoms with Crippen LogP contribution in [0, 0.1) is 18.8 Å². The summed E-state index contributed by atoms with van der Waals surface area (Å²) in [7, 11) is -3.43. The topological polar surface area (TPSA) is 54.4 Å². The Labute approximate surface area is 127 Å². The van der Waals surface area contributed by atoms with Crippen LogP contribution >= 0.6 is 0 Å². The molecule has 0 bridgehead atoms. The smallest absolute Gasteiger partial charge is 0.181 e. The van der Waals surface area contributed by atoms with Gasteiger partial charge in [0, 0.05) is 0 Å². The maximum atomic E-state index is 12.9. The highest BCUT2D eigenvalue weighted by molar-refractivity contribution is 7.92. The van der Waals surface area contributed by atoms with Gasteiger partial charge in [0.05, 0.1) is 16.2 Å². The first kappa shape index (κ1) is 16.2. The number of hydrogen-bond acceptors (Lipinski definition) is 3. The lowest BCUT2D eigenvalue weighted by Gasteiger charge is -2.37. The van der Waals surface area contributed by atoms with Crippen LogP contribution in [-0.4, -0.2) is 24.9 Å². The van der Waals surface area contributed by atoms with Crippen LogP contribution in [0.1, 0.15) is 32.3 Å². The van der Waals surface area contributed by atoms with E-state index >= 15 is 0 Å². The number of sulfone groups is 1. The predicted molar refractivity (Wildman–Crippen MR) is 84.9 cm³/mol. The number of hydrogen-bond donors (Lipinski definition) is 1. The average Bonchev–Trinajstić information content (AvgIpc) is 2.41. The Morgan fingerprint density at radius 1 is 1.24 bits per heavy atom. The van der Waals surface area contributed by atoms with Gasteiger partial charge in [-0.05, 0) is 50.7 Å². The SMILES string of the molecule is C=C(C)[C@@H]1C[C@H](O)[C@H](C)[C@@H](S(=O)(=O)c2ccc(C)cc2)C1. The standard InChI is InChI=1S/C17H24O3S/c1-11(2)14-9-16(18)13(4)17(10-14)21(19,20)15-7-5-12(3)6-8-15/h5-8,13-14,16-18H,1,9-10H2,2-4H3/t13-,14+,16-,17-/m0/s1. The van der Waals surface area contributed by atoms with Crippen LogP contribution in [0.3, 0.4) is 0 Å². The lowest BCUT2D eigenvalue weighted by atomic mass is 9.78. The lowest BCUT2D eigenvalue weighted by Crippen LogP contribution is -2.43. The molecule has 0 aromatic heterocycles. The third kappa shape index (κ3) is 3.22. The number of aliphatic hydroxyl groups excluding tert-OH is 1. The molecule has 1 aliphatic rings. The zero-order valence-electron chi connectivity index (χ0n) is 12.9. The number of benzene rings is 1. The van der Waals surface area contributed by atoms with Crippen molar-refractivity contribution in [3.63, 3.8) is 0 Å². The van der Waals surface area contributed by atoms with E-state index in [1.165, 1.54) is 0 Å². The van der Waals surface area contributed by atoms with Crippen LogP contribution in [0.4, 0.5) is 0 Å². The molecule has 0 saturated heterocycles. The van der Waals surface area contributed by atoms with E-state index in [2.05, 4.69) is 6.58 Å². The summed E-state index contributed by atoms with van der Waals surface area (Å²) >= 11 is 0. The van der Waals surface area contributed by atoms with Crippen molar-refractivity contribution in [2.75, 3.05) is 0 Å². The van der Waals surface area contributed by atoms with Crippen molar-refractivity contribution in [1.82, 2.24) is 0 Å². The van der Waals surface area contributed by atoms with E-state index in [1.807, 2.05) is 32.9 Å². The van der Waals surface area contributed by atoms with Crippen molar-refractivity contribution in [3.8, 4) is 0 Å². The maximum Gasteiger partial charge on any atom is 0.181 e. The first-order chi connectivity index (χ1) is 9.73. The van der Waals surface area contributed by atoms with E-state index in [4.69, 9.17) is 0 Å². The average molecular weight is 308 g/mol. The van der Waals surface area contributed by atoms with Crippen molar-refractivity contribution >= 4 is 9.84 Å². The first-order valence-corrected chi connectivity index (χ1v) is 8.92. The van der Waals surface area contributed by atoms with Crippen LogP contribution in [0.25, 0.3) is 0 Å². The summed E-state index contributed by atoms with van der Waals surface area (Å²) in [5.41, 5.74) is 1.98. The van der Waals surface area contributed by atoms with Crippen molar-refractivity contribution in [2.24, 2.45) is 11.8 Å². The molecule has 116 valence electrons. The molecule has 1 saturated carbocycles. The quantitative estimate of drug-likeness (QED) is 0.873. The van der Waals surface area contributed by atoms with Crippen molar-refractivity contribution in [1.29, 1.82) is 0 Å². The lowest BCUT2D eigenvalue weighted by molar-refractivity contribution is 0.0635. The van der Waals surface area contributed by atoms with Crippen LogP contribution in [-0.2, 0) is 9.84 Å². The van der Waals surface area contributed by atoms with Crippen molar-refractivity contribution in [2.45, 2.75) is 49.9 Å². The van der Waals surface area contributed by atoms with E-state index < -0.39 is 21.2 Å². The summed E-state index contributed by atoms with van der Waals surface area (Å²) in [6.07, 6.45) is 0.561. The fraction of sp³-hybridized carbons (Fsp3) is 0.529. The Morgan fingerprint density at radius 2 is 1.81 bits per heavy atom. The molecule has 1 fully saturated rings. The third-order valence-electron chi connectivity index (χ3n) is 4.68. The number of aliphatic hydroxyl groups is 1. The molecular formula is C17H24O3S. The van der Waals surface area contributed by atoms with Gasteiger partial charge in [0.25, 0.3) is 0 Å². The van der Waals surface area contributed by atoms with Gasteiger partial charge in [-0.25, -0.2) is 8.42 Å². The van der Waals surface area contributed by atoms with E-state index in [0.717, 1.165) is 11.1 Å². The van der Waals surface area contributed by atoms with Crippen LogP contribution in [0.2, 0.25) is 0 Å². The molecule has 1 N–H and O–H groups in total. The highest BCUT2D eigenvalue weighted by atomic mass is 32.2. The fourth-order valence-electron chi connectivity index (χ4n) is 3.06. The zero-order chi connectivity index (χ0) is 15.8. The highest BCUT2D eigenvalue weighted by Crippen LogP contribution is 2.38. The minimum Gasteiger partial charge on any atom is -0.393 e. The van der Waals surface area contributed by atoms with Crippen LogP contribution < -0.4 is 0 Å². The normalized spacial score (nSPS) is 30.1. The highest BCUT2D eigenvalue weighted by Gasteiger charge is 2.42. The second-order valence-electron chi connectivity index (χ2n) is 6.34. The van der Waals surface area contributed by atoms with Gasteiger partial charge in [-0.1, -0.05) is 36.8 Å². The molecular weight excluding hydrogens is 284 g/mol. The van der Waals surface area contributed by atoms with Gasteiger partial charge in [0.2, 0.25) is 0 Å². The second kappa shape index (κ2) is 5.93. The molecule has 2 rings (SSSR count). The summed E-state index contributed by atoms with van der Waals surface area (Å²) in [5, 5.41) is 9.67. The summed E-state index contributed by atoms with van der Waals surface area (Å²) in [6, 6.07) is 6.95. The van der Waals surface area contributed by atoms with Gasteiger partial charge in [0.15, 0.2) is 9.84 Å². The summed E-state index contributed by atoms with van der Waals surface area (Å²) in [4.78, 5) is 0.347. The zero-order valence-corrected chi connectivity index (χ0v) is 13.7. The number of aryl methyl sites for hydroxylation is 1. The van der Waals surface area contributed by atoms with Crippen molar-refractivity contribution < 1.29 is 13.5 Å². The molecule has 1 aromatic carbocycles. The van der Waals surface area contributed by atoms with Gasteiger partial charge in [0.1, 0.15) is 0 Å². The van der Waals surface area contributed by atoms with Crippen molar-refractivity contribution in [3.05, 3.63) is 42.0 Å².